The third kappa shape index (κ3) is 2.99. The quantitative estimate of drug-likeness (QED) is 0.480. The van der Waals surface area contributed by atoms with Crippen molar-refractivity contribution in [2.45, 2.75) is 30.3 Å². The molecule has 0 amide bonds. The Balaban J connectivity index is 2.33. The Morgan fingerprint density at radius 2 is 2.20 bits per heavy atom. The highest BCUT2D eigenvalue weighted by Crippen LogP contribution is 2.39. The van der Waals surface area contributed by atoms with Crippen molar-refractivity contribution in [1.29, 1.82) is 0 Å². The minimum absolute atomic E-state index is 0.191. The summed E-state index contributed by atoms with van der Waals surface area (Å²) in [5.74, 6) is -0.316. The molecule has 0 aromatic heterocycles. The van der Waals surface area contributed by atoms with E-state index in [-0.39, 0.29) is 16.5 Å². The van der Waals surface area contributed by atoms with E-state index in [4.69, 9.17) is 9.47 Å². The van der Waals surface area contributed by atoms with Gasteiger partial charge in [0.15, 0.2) is 0 Å². The van der Waals surface area contributed by atoms with Crippen LogP contribution in [0.5, 0.6) is 0 Å². The first-order valence-electron chi connectivity index (χ1n) is 6.69. The molecule has 1 aromatic rings. The number of hydrogen-bond acceptors (Lipinski definition) is 4. The number of anilines is 1. The summed E-state index contributed by atoms with van der Waals surface area (Å²) in [6, 6.07) is 7.50. The molecule has 5 heteroatoms. The summed E-state index contributed by atoms with van der Waals surface area (Å²) in [6.07, 6.45) is 1.92. The van der Waals surface area contributed by atoms with Gasteiger partial charge in [-0.05, 0) is 19.1 Å². The monoisotopic (exact) mass is 341 g/mol. The van der Waals surface area contributed by atoms with Crippen LogP contribution in [-0.2, 0) is 9.47 Å². The Morgan fingerprint density at radius 3 is 2.85 bits per heavy atom. The molecule has 4 nitrogen and oxygen atoms in total. The van der Waals surface area contributed by atoms with Crippen LogP contribution >= 0.6 is 15.9 Å². The van der Waals surface area contributed by atoms with E-state index in [1.165, 1.54) is 7.11 Å². The van der Waals surface area contributed by atoms with E-state index in [0.29, 0.717) is 12.2 Å². The van der Waals surface area contributed by atoms with Crippen LogP contribution in [0.15, 0.2) is 24.3 Å². The van der Waals surface area contributed by atoms with Gasteiger partial charge in [0, 0.05) is 19.9 Å². The molecule has 110 valence electrons. The van der Waals surface area contributed by atoms with Crippen molar-refractivity contribution in [2.24, 2.45) is 0 Å². The lowest BCUT2D eigenvalue weighted by molar-refractivity contribution is 0.0138. The summed E-state index contributed by atoms with van der Waals surface area (Å²) < 4.78 is 10.3. The number of esters is 1. The van der Waals surface area contributed by atoms with Crippen LogP contribution in [0.2, 0.25) is 0 Å². The van der Waals surface area contributed by atoms with Gasteiger partial charge in [-0.1, -0.05) is 28.1 Å². The van der Waals surface area contributed by atoms with Crippen molar-refractivity contribution in [3.8, 4) is 0 Å². The Bertz CT molecular complexity index is 494. The second-order valence-electron chi connectivity index (χ2n) is 5.12. The predicted molar refractivity (Wildman–Crippen MR) is 82.5 cm³/mol. The van der Waals surface area contributed by atoms with Crippen molar-refractivity contribution in [3.05, 3.63) is 29.8 Å². The van der Waals surface area contributed by atoms with Crippen LogP contribution in [-0.4, -0.2) is 37.3 Å². The van der Waals surface area contributed by atoms with E-state index in [1.54, 1.807) is 6.07 Å². The first-order valence-corrected chi connectivity index (χ1v) is 7.49. The van der Waals surface area contributed by atoms with Gasteiger partial charge in [0.25, 0.3) is 0 Å². The van der Waals surface area contributed by atoms with E-state index < -0.39 is 0 Å². The fraction of sp³-hybridized carbons (Fsp3) is 0.533. The maximum absolute atomic E-state index is 11.9. The van der Waals surface area contributed by atoms with Crippen LogP contribution in [0.25, 0.3) is 0 Å². The normalized spacial score (nSPS) is 26.1. The van der Waals surface area contributed by atoms with Crippen molar-refractivity contribution in [2.75, 3.05) is 25.7 Å². The largest absolute Gasteiger partial charge is 0.465 e. The Hall–Kier alpha value is -1.07. The second kappa shape index (κ2) is 6.14. The summed E-state index contributed by atoms with van der Waals surface area (Å²) in [7, 11) is 3.40. The van der Waals surface area contributed by atoms with Gasteiger partial charge in [0.1, 0.15) is 0 Å². The third-order valence-electron chi connectivity index (χ3n) is 3.76. The fourth-order valence-corrected chi connectivity index (χ4v) is 3.40. The number of ether oxygens (including phenoxy) is 2. The van der Waals surface area contributed by atoms with Gasteiger partial charge < -0.3 is 14.4 Å². The lowest BCUT2D eigenvalue weighted by Crippen LogP contribution is -2.48. The van der Waals surface area contributed by atoms with Crippen molar-refractivity contribution in [3.63, 3.8) is 0 Å². The maximum atomic E-state index is 11.9. The topological polar surface area (TPSA) is 38.8 Å². The summed E-state index contributed by atoms with van der Waals surface area (Å²) in [4.78, 5) is 14.0. The standard InChI is InChI=1S/C15H20BrNO3/c1-11-10-15(16,8-9-20-11)17(2)13-7-5-4-6-12(13)14(18)19-3/h4-7,11H,8-10H2,1-3H3. The molecule has 2 unspecified atom stereocenters. The molecule has 0 radical (unpaired) electrons. The molecule has 1 saturated heterocycles. The van der Waals surface area contributed by atoms with Gasteiger partial charge >= 0.3 is 5.97 Å². The fourth-order valence-electron chi connectivity index (χ4n) is 2.59. The Labute approximate surface area is 128 Å². The predicted octanol–water partition coefficient (Wildman–Crippen LogP) is 3.20. The number of benzene rings is 1. The molecule has 1 fully saturated rings. The highest BCUT2D eigenvalue weighted by Gasteiger charge is 2.38. The molecule has 1 aromatic carbocycles. The lowest BCUT2D eigenvalue weighted by atomic mass is 10.0. The SMILES string of the molecule is COC(=O)c1ccccc1N(C)C1(Br)CCOC(C)C1. The number of carbonyl (C=O) groups excluding carboxylic acids is 1. The summed E-state index contributed by atoms with van der Waals surface area (Å²) in [5.41, 5.74) is 1.45. The second-order valence-corrected chi connectivity index (χ2v) is 6.60. The van der Waals surface area contributed by atoms with Gasteiger partial charge in [-0.15, -0.1) is 0 Å². The molecule has 0 N–H and O–H groups in total. The van der Waals surface area contributed by atoms with E-state index in [0.717, 1.165) is 18.5 Å². The lowest BCUT2D eigenvalue weighted by Gasteiger charge is -2.43. The number of methoxy groups -OCH3 is 1. The molecule has 20 heavy (non-hydrogen) atoms. The van der Waals surface area contributed by atoms with Gasteiger partial charge in [-0.3, -0.25) is 0 Å². The molecule has 0 bridgehead atoms. The molecular formula is C15H20BrNO3. The maximum Gasteiger partial charge on any atom is 0.339 e. The molecule has 0 spiro atoms. The number of halogens is 1. The highest BCUT2D eigenvalue weighted by molar-refractivity contribution is 9.10. The van der Waals surface area contributed by atoms with Crippen LogP contribution in [0, 0.1) is 0 Å². The smallest absolute Gasteiger partial charge is 0.339 e. The Kier molecular flexibility index (Phi) is 4.70. The van der Waals surface area contributed by atoms with Gasteiger partial charge in [-0.2, -0.15) is 0 Å². The highest BCUT2D eigenvalue weighted by atomic mass is 79.9. The number of alkyl halides is 1. The molecule has 1 heterocycles. The average molecular weight is 342 g/mol. The van der Waals surface area contributed by atoms with Crippen LogP contribution < -0.4 is 4.90 Å². The third-order valence-corrected chi connectivity index (χ3v) is 5.01. The van der Waals surface area contributed by atoms with Crippen molar-refractivity contribution < 1.29 is 14.3 Å². The van der Waals surface area contributed by atoms with Crippen molar-refractivity contribution in [1.82, 2.24) is 0 Å². The number of carbonyl (C=O) groups is 1. The van der Waals surface area contributed by atoms with Crippen LogP contribution in [0.3, 0.4) is 0 Å². The first-order chi connectivity index (χ1) is 9.48. The number of para-hydroxylation sites is 1. The summed E-state index contributed by atoms with van der Waals surface area (Å²) in [6.45, 7) is 2.77. The molecular weight excluding hydrogens is 322 g/mol. The summed E-state index contributed by atoms with van der Waals surface area (Å²) in [5, 5.41) is 0. The minimum atomic E-state index is -0.316. The van der Waals surface area contributed by atoms with Crippen LogP contribution in [0.1, 0.15) is 30.1 Å². The Morgan fingerprint density at radius 1 is 1.50 bits per heavy atom. The zero-order chi connectivity index (χ0) is 14.8. The zero-order valence-corrected chi connectivity index (χ0v) is 13.6. The minimum Gasteiger partial charge on any atom is -0.465 e. The molecule has 0 saturated carbocycles. The molecule has 0 aliphatic carbocycles. The summed E-state index contributed by atoms with van der Waals surface area (Å²) >= 11 is 3.84. The zero-order valence-electron chi connectivity index (χ0n) is 12.1. The van der Waals surface area contributed by atoms with E-state index in [9.17, 15) is 4.79 Å². The number of hydrogen-bond donors (Lipinski definition) is 0. The molecule has 2 rings (SSSR count). The number of nitrogens with zero attached hydrogens (tertiary/aromatic N) is 1. The van der Waals surface area contributed by atoms with E-state index in [1.807, 2.05) is 25.2 Å². The van der Waals surface area contributed by atoms with Gasteiger partial charge in [0.2, 0.25) is 0 Å². The molecule has 1 aliphatic rings. The molecule has 2 atom stereocenters. The van der Waals surface area contributed by atoms with Crippen LogP contribution in [0.4, 0.5) is 5.69 Å². The van der Waals surface area contributed by atoms with E-state index >= 15 is 0 Å². The van der Waals surface area contributed by atoms with Gasteiger partial charge in [0.05, 0.1) is 35.5 Å². The average Bonchev–Trinajstić information content (AvgIpc) is 2.45. The van der Waals surface area contributed by atoms with Gasteiger partial charge in [-0.25, -0.2) is 4.79 Å². The first kappa shape index (κ1) is 15.3. The van der Waals surface area contributed by atoms with Crippen molar-refractivity contribution >= 4 is 27.6 Å². The number of rotatable bonds is 3. The molecule has 1 aliphatic heterocycles. The van der Waals surface area contributed by atoms with E-state index in [2.05, 4.69) is 27.8 Å².